The van der Waals surface area contributed by atoms with Crippen LogP contribution in [0, 0.1) is 0 Å². The van der Waals surface area contributed by atoms with Crippen molar-refractivity contribution in [3.63, 3.8) is 0 Å². The first-order chi connectivity index (χ1) is 15.2. The maximum atomic E-state index is 13.1. The van der Waals surface area contributed by atoms with Crippen molar-refractivity contribution in [1.82, 2.24) is 19.7 Å². The van der Waals surface area contributed by atoms with Gasteiger partial charge in [-0.25, -0.2) is 9.48 Å². The highest BCUT2D eigenvalue weighted by molar-refractivity contribution is 6.30. The third-order valence-electron chi connectivity index (χ3n) is 4.64. The number of nitrogens with zero attached hydrogens (tertiary/aromatic N) is 3. The van der Waals surface area contributed by atoms with E-state index < -0.39 is 29.9 Å². The van der Waals surface area contributed by atoms with Gasteiger partial charge in [0.15, 0.2) is 5.82 Å². The molecule has 1 amide bonds. The van der Waals surface area contributed by atoms with E-state index in [0.717, 1.165) is 10.7 Å². The van der Waals surface area contributed by atoms with E-state index in [0.29, 0.717) is 16.4 Å². The van der Waals surface area contributed by atoms with E-state index in [9.17, 15) is 22.8 Å². The molecule has 2 aromatic carbocycles. The Morgan fingerprint density at radius 2 is 1.84 bits per heavy atom. The van der Waals surface area contributed by atoms with Crippen LogP contribution in [0.2, 0.25) is 5.02 Å². The summed E-state index contributed by atoms with van der Waals surface area (Å²) in [5.41, 5.74) is -0.835. The quantitative estimate of drug-likeness (QED) is 0.550. The van der Waals surface area contributed by atoms with E-state index in [1.165, 1.54) is 29.9 Å². The number of hydrogen-bond donors (Lipinski definition) is 1. The molecule has 1 heterocycles. The molecule has 170 valence electrons. The van der Waals surface area contributed by atoms with Crippen molar-refractivity contribution in [2.75, 3.05) is 13.7 Å². The monoisotopic (exact) mass is 468 g/mol. The molecule has 32 heavy (non-hydrogen) atoms. The predicted molar refractivity (Wildman–Crippen MR) is 112 cm³/mol. The summed E-state index contributed by atoms with van der Waals surface area (Å²) >= 11 is 5.91. The van der Waals surface area contributed by atoms with Crippen LogP contribution in [0.15, 0.2) is 53.3 Å². The number of ether oxygens (including phenoxy) is 1. The van der Waals surface area contributed by atoms with Gasteiger partial charge in [0.05, 0.1) is 18.7 Å². The number of amides is 1. The molecule has 0 spiro atoms. The lowest BCUT2D eigenvalue weighted by molar-refractivity contribution is -0.138. The molecule has 1 aromatic heterocycles. The van der Waals surface area contributed by atoms with Gasteiger partial charge in [0.2, 0.25) is 5.91 Å². The standard InChI is InChI=1S/C21H20ClF3N4O3/c1-32-11-10-28-19(14-6-8-16(22)9-7-14)27-29(20(28)31)13-18(30)26-12-15-4-2-3-5-17(15)21(23,24)25/h2-9H,10-13H2,1H3,(H,26,30). The summed E-state index contributed by atoms with van der Waals surface area (Å²) in [5, 5.41) is 7.17. The van der Waals surface area contributed by atoms with Crippen molar-refractivity contribution in [3.8, 4) is 11.4 Å². The molecule has 11 heteroatoms. The zero-order valence-corrected chi connectivity index (χ0v) is 17.8. The van der Waals surface area contributed by atoms with Gasteiger partial charge >= 0.3 is 11.9 Å². The minimum Gasteiger partial charge on any atom is -0.383 e. The Bertz CT molecular complexity index is 1140. The lowest BCUT2D eigenvalue weighted by Crippen LogP contribution is -2.34. The number of benzene rings is 2. The zero-order valence-electron chi connectivity index (χ0n) is 17.0. The number of rotatable bonds is 8. The molecule has 0 atom stereocenters. The molecule has 0 aliphatic rings. The molecule has 1 N–H and O–H groups in total. The van der Waals surface area contributed by atoms with Gasteiger partial charge in [0.25, 0.3) is 0 Å². The van der Waals surface area contributed by atoms with E-state index >= 15 is 0 Å². The summed E-state index contributed by atoms with van der Waals surface area (Å²) in [6.07, 6.45) is -4.54. The van der Waals surface area contributed by atoms with E-state index in [4.69, 9.17) is 16.3 Å². The number of aromatic nitrogens is 3. The highest BCUT2D eigenvalue weighted by Crippen LogP contribution is 2.31. The molecule has 0 unspecified atom stereocenters. The molecular weight excluding hydrogens is 449 g/mol. The van der Waals surface area contributed by atoms with Gasteiger partial charge in [-0.2, -0.15) is 13.2 Å². The van der Waals surface area contributed by atoms with E-state index in [1.54, 1.807) is 24.3 Å². The fourth-order valence-electron chi connectivity index (χ4n) is 3.08. The Labute approximate surface area is 186 Å². The zero-order chi connectivity index (χ0) is 23.3. The Morgan fingerprint density at radius 1 is 1.16 bits per heavy atom. The maximum absolute atomic E-state index is 13.1. The molecule has 3 aromatic rings. The minimum atomic E-state index is -4.54. The Hall–Kier alpha value is -3.11. The Balaban J connectivity index is 1.79. The molecule has 0 aliphatic heterocycles. The second-order valence-corrected chi connectivity index (χ2v) is 7.28. The van der Waals surface area contributed by atoms with E-state index in [2.05, 4.69) is 10.4 Å². The summed E-state index contributed by atoms with van der Waals surface area (Å²) in [4.78, 5) is 25.2. The topological polar surface area (TPSA) is 78.2 Å². The molecule has 0 aliphatic carbocycles. The van der Waals surface area contributed by atoms with Gasteiger partial charge < -0.3 is 10.1 Å². The third-order valence-corrected chi connectivity index (χ3v) is 4.89. The fraction of sp³-hybridized carbons (Fsp3) is 0.286. The van der Waals surface area contributed by atoms with Crippen molar-refractivity contribution in [2.45, 2.75) is 25.8 Å². The van der Waals surface area contributed by atoms with Crippen LogP contribution in [0.5, 0.6) is 0 Å². The number of alkyl halides is 3. The summed E-state index contributed by atoms with van der Waals surface area (Å²) in [5.74, 6) is -0.331. The van der Waals surface area contributed by atoms with Crippen LogP contribution in [-0.4, -0.2) is 34.0 Å². The van der Waals surface area contributed by atoms with Crippen molar-refractivity contribution < 1.29 is 22.7 Å². The number of carbonyl (C=O) groups is 1. The van der Waals surface area contributed by atoms with Crippen LogP contribution >= 0.6 is 11.6 Å². The predicted octanol–water partition coefficient (Wildman–Crippen LogP) is 3.35. The molecule has 0 saturated heterocycles. The molecule has 0 fully saturated rings. The first-order valence-electron chi connectivity index (χ1n) is 9.55. The second-order valence-electron chi connectivity index (χ2n) is 6.85. The van der Waals surface area contributed by atoms with E-state index in [1.807, 2.05) is 0 Å². The number of nitrogens with one attached hydrogen (secondary N) is 1. The van der Waals surface area contributed by atoms with Gasteiger partial charge in [-0.05, 0) is 35.9 Å². The minimum absolute atomic E-state index is 0.0758. The fourth-order valence-corrected chi connectivity index (χ4v) is 3.20. The smallest absolute Gasteiger partial charge is 0.383 e. The first-order valence-corrected chi connectivity index (χ1v) is 9.93. The van der Waals surface area contributed by atoms with Crippen molar-refractivity contribution in [3.05, 3.63) is 75.2 Å². The van der Waals surface area contributed by atoms with Gasteiger partial charge in [-0.1, -0.05) is 29.8 Å². The molecule has 3 rings (SSSR count). The highest BCUT2D eigenvalue weighted by Gasteiger charge is 2.32. The highest BCUT2D eigenvalue weighted by atomic mass is 35.5. The van der Waals surface area contributed by atoms with Crippen LogP contribution in [0.1, 0.15) is 11.1 Å². The van der Waals surface area contributed by atoms with Crippen molar-refractivity contribution in [2.24, 2.45) is 0 Å². The van der Waals surface area contributed by atoms with Crippen molar-refractivity contribution >= 4 is 17.5 Å². The van der Waals surface area contributed by atoms with Gasteiger partial charge in [-0.3, -0.25) is 9.36 Å². The average Bonchev–Trinajstić information content (AvgIpc) is 3.06. The summed E-state index contributed by atoms with van der Waals surface area (Å²) in [6.45, 7) is -0.342. The molecule has 0 saturated carbocycles. The van der Waals surface area contributed by atoms with Crippen LogP contribution in [-0.2, 0) is 35.3 Å². The number of methoxy groups -OCH3 is 1. The number of carbonyl (C=O) groups excluding carboxylic acids is 1. The lowest BCUT2D eigenvalue weighted by Gasteiger charge is -2.13. The first kappa shape index (κ1) is 23.6. The Morgan fingerprint density at radius 3 is 2.50 bits per heavy atom. The third kappa shape index (κ3) is 5.57. The SMILES string of the molecule is COCCn1c(-c2ccc(Cl)cc2)nn(CC(=O)NCc2ccccc2C(F)(F)F)c1=O. The summed E-state index contributed by atoms with van der Waals surface area (Å²) < 4.78 is 46.7. The van der Waals surface area contributed by atoms with Crippen LogP contribution in [0.4, 0.5) is 13.2 Å². The molecule has 0 radical (unpaired) electrons. The normalized spacial score (nSPS) is 11.5. The van der Waals surface area contributed by atoms with Crippen LogP contribution in [0.25, 0.3) is 11.4 Å². The van der Waals surface area contributed by atoms with Crippen molar-refractivity contribution in [1.29, 1.82) is 0 Å². The lowest BCUT2D eigenvalue weighted by atomic mass is 10.1. The average molecular weight is 469 g/mol. The molecular formula is C21H20ClF3N4O3. The summed E-state index contributed by atoms with van der Waals surface area (Å²) in [6, 6.07) is 11.6. The molecule has 0 bridgehead atoms. The second kappa shape index (κ2) is 10.0. The summed E-state index contributed by atoms with van der Waals surface area (Å²) in [7, 11) is 1.49. The Kier molecular flexibility index (Phi) is 7.37. The van der Waals surface area contributed by atoms with Gasteiger partial charge in [-0.15, -0.1) is 5.10 Å². The maximum Gasteiger partial charge on any atom is 0.416 e. The number of halogens is 4. The van der Waals surface area contributed by atoms with Gasteiger partial charge in [0.1, 0.15) is 6.54 Å². The largest absolute Gasteiger partial charge is 0.416 e. The van der Waals surface area contributed by atoms with Crippen LogP contribution < -0.4 is 11.0 Å². The van der Waals surface area contributed by atoms with Gasteiger partial charge in [0, 0.05) is 24.2 Å². The molecule has 7 nitrogen and oxygen atoms in total. The number of hydrogen-bond acceptors (Lipinski definition) is 4. The van der Waals surface area contributed by atoms with Crippen LogP contribution in [0.3, 0.4) is 0 Å². The van der Waals surface area contributed by atoms with E-state index in [-0.39, 0.29) is 25.3 Å².